The van der Waals surface area contributed by atoms with E-state index in [0.717, 1.165) is 41.6 Å². The number of ether oxygens (including phenoxy) is 1. The molecule has 3 rings (SSSR count). The number of hydrogen-bond donors (Lipinski definition) is 1. The second kappa shape index (κ2) is 10.7. The standard InChI is InChI=1S/C29H39N3O3Si/c1-18(2)25-26(27(33)22-12-20(15-30)11-21(13-22)16-31)23(14-19-9-10-19)24(32-28(25)34-6)17-35-36(7,8)29(3,4)5/h11-13,18-19,27,33H,9-10,14,17H2,1-8H3. The maximum Gasteiger partial charge on any atom is 0.217 e. The molecule has 1 aromatic carbocycles. The maximum absolute atomic E-state index is 11.8. The molecule has 1 heterocycles. The molecule has 1 aliphatic rings. The second-order valence-corrected chi connectivity index (χ2v) is 16.5. The number of nitriles is 2. The largest absolute Gasteiger partial charge is 0.481 e. The molecule has 1 atom stereocenters. The zero-order chi connectivity index (χ0) is 26.8. The van der Waals surface area contributed by atoms with Crippen molar-refractivity contribution in [3.05, 3.63) is 57.3 Å². The molecule has 1 aromatic heterocycles. The lowest BCUT2D eigenvalue weighted by Crippen LogP contribution is -2.40. The summed E-state index contributed by atoms with van der Waals surface area (Å²) in [6.07, 6.45) is 2.09. The van der Waals surface area contributed by atoms with Gasteiger partial charge in [0.15, 0.2) is 8.32 Å². The average Bonchev–Trinajstić information content (AvgIpc) is 3.65. The summed E-state index contributed by atoms with van der Waals surface area (Å²) in [7, 11) is -0.442. The van der Waals surface area contributed by atoms with Crippen molar-refractivity contribution >= 4 is 8.32 Å². The van der Waals surface area contributed by atoms with Crippen molar-refractivity contribution in [3.63, 3.8) is 0 Å². The van der Waals surface area contributed by atoms with E-state index in [1.807, 2.05) is 0 Å². The molecule has 1 saturated carbocycles. The van der Waals surface area contributed by atoms with E-state index in [2.05, 4.69) is 59.9 Å². The number of aliphatic hydroxyl groups is 1. The Balaban J connectivity index is 2.24. The fraction of sp³-hybridized carbons (Fsp3) is 0.552. The lowest BCUT2D eigenvalue weighted by Gasteiger charge is -2.36. The Morgan fingerprint density at radius 1 is 1.08 bits per heavy atom. The van der Waals surface area contributed by atoms with Gasteiger partial charge in [0.2, 0.25) is 5.88 Å². The highest BCUT2D eigenvalue weighted by Gasteiger charge is 2.38. The fourth-order valence-corrected chi connectivity index (χ4v) is 5.17. The van der Waals surface area contributed by atoms with E-state index in [1.54, 1.807) is 19.2 Å². The topological polar surface area (TPSA) is 99.2 Å². The smallest absolute Gasteiger partial charge is 0.217 e. The summed E-state index contributed by atoms with van der Waals surface area (Å²) >= 11 is 0. The van der Waals surface area contributed by atoms with Crippen molar-refractivity contribution in [1.82, 2.24) is 4.98 Å². The van der Waals surface area contributed by atoms with Gasteiger partial charge < -0.3 is 14.3 Å². The summed E-state index contributed by atoms with van der Waals surface area (Å²) in [5, 5.41) is 30.9. The molecule has 6 nitrogen and oxygen atoms in total. The van der Waals surface area contributed by atoms with E-state index in [4.69, 9.17) is 14.1 Å². The molecule has 7 heteroatoms. The van der Waals surface area contributed by atoms with Crippen LogP contribution in [0, 0.1) is 28.6 Å². The van der Waals surface area contributed by atoms with E-state index in [0.29, 0.717) is 35.1 Å². The minimum Gasteiger partial charge on any atom is -0.481 e. The molecule has 36 heavy (non-hydrogen) atoms. The van der Waals surface area contributed by atoms with E-state index in [-0.39, 0.29) is 11.0 Å². The zero-order valence-corrected chi connectivity index (χ0v) is 23.9. The molecule has 2 aromatic rings. The van der Waals surface area contributed by atoms with E-state index in [1.165, 1.54) is 6.07 Å². The van der Waals surface area contributed by atoms with Gasteiger partial charge in [0.25, 0.3) is 0 Å². The molecule has 0 radical (unpaired) electrons. The maximum atomic E-state index is 11.8. The van der Waals surface area contributed by atoms with Crippen LogP contribution in [0.15, 0.2) is 18.2 Å². The molecular formula is C29H39N3O3Si. The van der Waals surface area contributed by atoms with E-state index in [9.17, 15) is 15.6 Å². The third-order valence-corrected chi connectivity index (χ3v) is 12.0. The summed E-state index contributed by atoms with van der Waals surface area (Å²) in [6.45, 7) is 15.6. The van der Waals surface area contributed by atoms with Crippen molar-refractivity contribution in [2.45, 2.75) is 90.6 Å². The molecular weight excluding hydrogens is 466 g/mol. The number of rotatable bonds is 9. The Hall–Kier alpha value is -2.71. The van der Waals surface area contributed by atoms with Gasteiger partial charge in [-0.1, -0.05) is 34.6 Å². The Morgan fingerprint density at radius 3 is 2.11 bits per heavy atom. The Bertz CT molecular complexity index is 1170. The van der Waals surface area contributed by atoms with Crippen LogP contribution in [0.1, 0.15) is 98.6 Å². The molecule has 0 amide bonds. The van der Waals surface area contributed by atoms with E-state index >= 15 is 0 Å². The summed E-state index contributed by atoms with van der Waals surface area (Å²) in [6, 6.07) is 9.09. The van der Waals surface area contributed by atoms with Crippen molar-refractivity contribution < 1.29 is 14.3 Å². The number of benzene rings is 1. The monoisotopic (exact) mass is 505 g/mol. The molecule has 0 spiro atoms. The lowest BCUT2D eigenvalue weighted by atomic mass is 9.85. The normalized spacial score (nSPS) is 14.9. The quantitative estimate of drug-likeness (QED) is 0.390. The highest BCUT2D eigenvalue weighted by atomic mass is 28.4. The van der Waals surface area contributed by atoms with Gasteiger partial charge in [-0.15, -0.1) is 0 Å². The third kappa shape index (κ3) is 5.98. The Labute approximate surface area is 217 Å². The van der Waals surface area contributed by atoms with Gasteiger partial charge >= 0.3 is 0 Å². The molecule has 1 aliphatic carbocycles. The molecule has 1 fully saturated rings. The van der Waals surface area contributed by atoms with Crippen LogP contribution in [-0.2, 0) is 17.5 Å². The zero-order valence-electron chi connectivity index (χ0n) is 22.9. The minimum absolute atomic E-state index is 0.0417. The van der Waals surface area contributed by atoms with Crippen LogP contribution < -0.4 is 4.74 Å². The number of hydrogen-bond acceptors (Lipinski definition) is 6. The molecule has 1 N–H and O–H groups in total. The first kappa shape index (κ1) is 27.9. The predicted octanol–water partition coefficient (Wildman–Crippen LogP) is 6.51. The first-order valence-electron chi connectivity index (χ1n) is 12.7. The molecule has 192 valence electrons. The van der Waals surface area contributed by atoms with Crippen LogP contribution in [0.2, 0.25) is 18.1 Å². The summed E-state index contributed by atoms with van der Waals surface area (Å²) < 4.78 is 12.4. The second-order valence-electron chi connectivity index (χ2n) is 11.7. The first-order chi connectivity index (χ1) is 16.8. The predicted molar refractivity (Wildman–Crippen MR) is 143 cm³/mol. The van der Waals surface area contributed by atoms with Crippen LogP contribution in [-0.4, -0.2) is 25.5 Å². The van der Waals surface area contributed by atoms with Gasteiger partial charge in [-0.2, -0.15) is 10.5 Å². The summed E-state index contributed by atoms with van der Waals surface area (Å²) in [4.78, 5) is 4.94. The average molecular weight is 506 g/mol. The number of aromatic nitrogens is 1. The number of methoxy groups -OCH3 is 1. The summed E-state index contributed by atoms with van der Waals surface area (Å²) in [5.41, 5.74) is 4.66. The molecule has 0 aliphatic heterocycles. The van der Waals surface area contributed by atoms with Crippen molar-refractivity contribution in [2.75, 3.05) is 7.11 Å². The van der Waals surface area contributed by atoms with Gasteiger partial charge in [0, 0.05) is 5.56 Å². The SMILES string of the molecule is COc1nc(CO[Si](C)(C)C(C)(C)C)c(CC2CC2)c(C(O)c2cc(C#N)cc(C#N)c2)c1C(C)C. The van der Waals surface area contributed by atoms with Crippen molar-refractivity contribution in [2.24, 2.45) is 5.92 Å². The molecule has 1 unspecified atom stereocenters. The third-order valence-electron chi connectivity index (χ3n) is 7.57. The number of nitrogens with zero attached hydrogens (tertiary/aromatic N) is 3. The van der Waals surface area contributed by atoms with Crippen molar-refractivity contribution in [1.29, 1.82) is 10.5 Å². The fourth-order valence-electron chi connectivity index (χ4n) is 4.24. The van der Waals surface area contributed by atoms with E-state index < -0.39 is 14.4 Å². The van der Waals surface area contributed by atoms with Gasteiger partial charge in [-0.25, -0.2) is 4.98 Å². The molecule has 0 saturated heterocycles. The highest BCUT2D eigenvalue weighted by molar-refractivity contribution is 6.74. The van der Waals surface area contributed by atoms with Crippen LogP contribution in [0.4, 0.5) is 0 Å². The number of aliphatic hydroxyl groups excluding tert-OH is 1. The first-order valence-corrected chi connectivity index (χ1v) is 15.6. The summed E-state index contributed by atoms with van der Waals surface area (Å²) in [5.74, 6) is 1.09. The Kier molecular flexibility index (Phi) is 8.30. The highest BCUT2D eigenvalue weighted by Crippen LogP contribution is 2.43. The minimum atomic E-state index is -2.05. The van der Waals surface area contributed by atoms with Gasteiger partial charge in [-0.3, -0.25) is 0 Å². The van der Waals surface area contributed by atoms with Gasteiger partial charge in [0.1, 0.15) is 6.10 Å². The van der Waals surface area contributed by atoms with Gasteiger partial charge in [-0.05, 0) is 84.1 Å². The van der Waals surface area contributed by atoms with Crippen LogP contribution in [0.5, 0.6) is 5.88 Å². The van der Waals surface area contributed by atoms with Crippen molar-refractivity contribution in [3.8, 4) is 18.0 Å². The number of pyridine rings is 1. The Morgan fingerprint density at radius 2 is 1.67 bits per heavy atom. The molecule has 0 bridgehead atoms. The lowest BCUT2D eigenvalue weighted by molar-refractivity contribution is 0.214. The van der Waals surface area contributed by atoms with Gasteiger partial charge in [0.05, 0.1) is 42.7 Å². The van der Waals surface area contributed by atoms with Crippen LogP contribution in [0.25, 0.3) is 0 Å². The van der Waals surface area contributed by atoms with Crippen LogP contribution >= 0.6 is 0 Å². The van der Waals surface area contributed by atoms with Crippen LogP contribution in [0.3, 0.4) is 0 Å².